The molecule has 0 aliphatic heterocycles. The number of alkyl halides is 3. The quantitative estimate of drug-likeness (QED) is 0.858. The lowest BCUT2D eigenvalue weighted by atomic mass is 9.99. The fourth-order valence-electron chi connectivity index (χ4n) is 2.48. The molecule has 1 aromatic carbocycles. The Morgan fingerprint density at radius 1 is 1.25 bits per heavy atom. The van der Waals surface area contributed by atoms with E-state index in [1.165, 1.54) is 23.5 Å². The van der Waals surface area contributed by atoms with Gasteiger partial charge in [-0.1, -0.05) is 18.2 Å². The Bertz CT molecular complexity index is 634. The molecule has 0 saturated heterocycles. The fourth-order valence-corrected chi connectivity index (χ4v) is 3.67. The van der Waals surface area contributed by atoms with Crippen molar-refractivity contribution in [2.75, 3.05) is 0 Å². The van der Waals surface area contributed by atoms with Crippen LogP contribution in [0.15, 0.2) is 24.3 Å². The number of aromatic nitrogens is 1. The van der Waals surface area contributed by atoms with E-state index in [0.29, 0.717) is 5.01 Å². The molecule has 0 saturated carbocycles. The first-order valence-electron chi connectivity index (χ1n) is 6.38. The lowest BCUT2D eigenvalue weighted by Gasteiger charge is -2.15. The summed E-state index contributed by atoms with van der Waals surface area (Å²) in [7, 11) is 0. The number of aryl methyl sites for hydroxylation is 1. The minimum Gasteiger partial charge on any atom is -0.323 e. The van der Waals surface area contributed by atoms with Gasteiger partial charge in [0.05, 0.1) is 11.3 Å². The zero-order valence-corrected chi connectivity index (χ0v) is 11.4. The molecule has 1 unspecified atom stereocenters. The Kier molecular flexibility index (Phi) is 3.30. The molecule has 1 atom stereocenters. The van der Waals surface area contributed by atoms with Crippen LogP contribution in [0.25, 0.3) is 10.6 Å². The molecule has 2 aromatic rings. The van der Waals surface area contributed by atoms with E-state index >= 15 is 0 Å². The number of hydrogen-bond acceptors (Lipinski definition) is 3. The summed E-state index contributed by atoms with van der Waals surface area (Å²) < 4.78 is 39.1. The summed E-state index contributed by atoms with van der Waals surface area (Å²) in [6.45, 7) is 0. The van der Waals surface area contributed by atoms with Crippen LogP contribution in [-0.2, 0) is 12.6 Å². The highest BCUT2D eigenvalue weighted by molar-refractivity contribution is 7.15. The van der Waals surface area contributed by atoms with Crippen molar-refractivity contribution in [2.45, 2.75) is 31.5 Å². The van der Waals surface area contributed by atoms with E-state index in [9.17, 15) is 13.2 Å². The van der Waals surface area contributed by atoms with Gasteiger partial charge in [0.25, 0.3) is 0 Å². The maximum Gasteiger partial charge on any atom is 0.417 e. The molecule has 3 rings (SSSR count). The van der Waals surface area contributed by atoms with Crippen molar-refractivity contribution in [3.63, 3.8) is 0 Å². The maximum absolute atomic E-state index is 13.0. The maximum atomic E-state index is 13.0. The average Bonchev–Trinajstić information content (AvgIpc) is 2.83. The van der Waals surface area contributed by atoms with E-state index < -0.39 is 11.7 Å². The normalized spacial score (nSPS) is 18.9. The predicted molar refractivity (Wildman–Crippen MR) is 72.4 cm³/mol. The van der Waals surface area contributed by atoms with Crippen LogP contribution in [0.3, 0.4) is 0 Å². The summed E-state index contributed by atoms with van der Waals surface area (Å²) in [6.07, 6.45) is -1.76. The van der Waals surface area contributed by atoms with Crippen molar-refractivity contribution in [2.24, 2.45) is 5.73 Å². The molecule has 1 heterocycles. The summed E-state index contributed by atoms with van der Waals surface area (Å²) in [4.78, 5) is 5.32. The van der Waals surface area contributed by atoms with Crippen LogP contribution in [0.2, 0.25) is 0 Å². The summed E-state index contributed by atoms with van der Waals surface area (Å²) in [5.41, 5.74) is 6.38. The van der Waals surface area contributed by atoms with E-state index in [1.807, 2.05) is 0 Å². The smallest absolute Gasteiger partial charge is 0.323 e. The van der Waals surface area contributed by atoms with Gasteiger partial charge in [0.2, 0.25) is 0 Å². The Morgan fingerprint density at radius 2 is 2.00 bits per heavy atom. The van der Waals surface area contributed by atoms with Gasteiger partial charge in [-0.2, -0.15) is 13.2 Å². The summed E-state index contributed by atoms with van der Waals surface area (Å²) in [5.74, 6) is 0. The molecule has 2 nitrogen and oxygen atoms in total. The van der Waals surface area contributed by atoms with Crippen molar-refractivity contribution >= 4 is 11.3 Å². The number of benzene rings is 1. The lowest BCUT2D eigenvalue weighted by molar-refractivity contribution is -0.137. The first kappa shape index (κ1) is 13.6. The fraction of sp³-hybridized carbons (Fsp3) is 0.357. The summed E-state index contributed by atoms with van der Waals surface area (Å²) >= 11 is 1.29. The minimum absolute atomic E-state index is 0.0944. The van der Waals surface area contributed by atoms with Crippen molar-refractivity contribution in [3.05, 3.63) is 40.4 Å². The van der Waals surface area contributed by atoms with Crippen LogP contribution in [0, 0.1) is 0 Å². The van der Waals surface area contributed by atoms with Gasteiger partial charge in [-0.25, -0.2) is 4.98 Å². The highest BCUT2D eigenvalue weighted by atomic mass is 32.1. The van der Waals surface area contributed by atoms with Crippen molar-refractivity contribution in [1.29, 1.82) is 0 Å². The Labute approximate surface area is 118 Å². The molecule has 0 spiro atoms. The first-order valence-corrected chi connectivity index (χ1v) is 7.20. The van der Waals surface area contributed by atoms with Crippen molar-refractivity contribution in [1.82, 2.24) is 4.98 Å². The number of halogens is 3. The second-order valence-corrected chi connectivity index (χ2v) is 5.90. The number of fused-ring (bicyclic) bond motifs is 1. The minimum atomic E-state index is -4.37. The van der Waals surface area contributed by atoms with Crippen LogP contribution in [0.5, 0.6) is 0 Å². The second-order valence-electron chi connectivity index (χ2n) is 4.87. The molecule has 0 amide bonds. The third-order valence-corrected chi connectivity index (χ3v) is 4.72. The molecule has 0 radical (unpaired) electrons. The number of rotatable bonds is 1. The molecule has 6 heteroatoms. The highest BCUT2D eigenvalue weighted by Crippen LogP contribution is 2.41. The predicted octanol–water partition coefficient (Wildman–Crippen LogP) is 4.17. The molecule has 1 aliphatic carbocycles. The van der Waals surface area contributed by atoms with Gasteiger partial charge in [-0.3, -0.25) is 0 Å². The molecule has 1 aromatic heterocycles. The van der Waals surface area contributed by atoms with Gasteiger partial charge < -0.3 is 5.73 Å². The third-order valence-electron chi connectivity index (χ3n) is 3.46. The van der Waals surface area contributed by atoms with Crippen LogP contribution >= 0.6 is 11.3 Å². The number of nitrogens with two attached hydrogens (primary N) is 1. The van der Waals surface area contributed by atoms with Crippen molar-refractivity contribution in [3.8, 4) is 10.6 Å². The van der Waals surface area contributed by atoms with Crippen LogP contribution in [-0.4, -0.2) is 4.98 Å². The zero-order chi connectivity index (χ0) is 14.3. The first-order chi connectivity index (χ1) is 9.47. The Hall–Kier alpha value is -1.40. The number of nitrogens with zero attached hydrogens (tertiary/aromatic N) is 1. The van der Waals surface area contributed by atoms with Gasteiger partial charge in [-0.05, 0) is 25.3 Å². The van der Waals surface area contributed by atoms with Crippen LogP contribution in [0.4, 0.5) is 13.2 Å². The van der Waals surface area contributed by atoms with Gasteiger partial charge in [0.1, 0.15) is 5.01 Å². The second kappa shape index (κ2) is 4.86. The van der Waals surface area contributed by atoms with E-state index in [-0.39, 0.29) is 11.6 Å². The summed E-state index contributed by atoms with van der Waals surface area (Å²) in [5, 5.41) is 0.417. The number of hydrogen-bond donors (Lipinski definition) is 1. The SMILES string of the molecule is NC1CCCc2nc(-c3ccccc3C(F)(F)F)sc21. The molecule has 20 heavy (non-hydrogen) atoms. The number of thiazole rings is 1. The van der Waals surface area contributed by atoms with Gasteiger partial charge in [0.15, 0.2) is 0 Å². The molecule has 0 fully saturated rings. The van der Waals surface area contributed by atoms with E-state index in [0.717, 1.165) is 35.9 Å². The van der Waals surface area contributed by atoms with Crippen LogP contribution in [0.1, 0.15) is 35.0 Å². The van der Waals surface area contributed by atoms with Gasteiger partial charge in [-0.15, -0.1) is 11.3 Å². The molecule has 106 valence electrons. The Balaban J connectivity index is 2.11. The van der Waals surface area contributed by atoms with E-state index in [1.54, 1.807) is 6.07 Å². The topological polar surface area (TPSA) is 38.9 Å². The molecule has 2 N–H and O–H groups in total. The highest BCUT2D eigenvalue weighted by Gasteiger charge is 2.34. The monoisotopic (exact) mass is 298 g/mol. The molecule has 1 aliphatic rings. The largest absolute Gasteiger partial charge is 0.417 e. The molecular weight excluding hydrogens is 285 g/mol. The average molecular weight is 298 g/mol. The third kappa shape index (κ3) is 2.33. The van der Waals surface area contributed by atoms with Gasteiger partial charge >= 0.3 is 6.18 Å². The molecular formula is C14H13F3N2S. The van der Waals surface area contributed by atoms with E-state index in [2.05, 4.69) is 4.98 Å². The Morgan fingerprint density at radius 3 is 2.70 bits per heavy atom. The standard InChI is InChI=1S/C14H13F3N2S/c15-14(16,17)9-5-2-1-4-8(9)13-19-11-7-3-6-10(18)12(11)20-13/h1-2,4-5,10H,3,6-7,18H2. The van der Waals surface area contributed by atoms with Crippen LogP contribution < -0.4 is 5.73 Å². The van der Waals surface area contributed by atoms with E-state index in [4.69, 9.17) is 5.73 Å². The molecule has 0 bridgehead atoms. The van der Waals surface area contributed by atoms with Gasteiger partial charge in [0, 0.05) is 16.5 Å². The summed E-state index contributed by atoms with van der Waals surface area (Å²) in [6, 6.07) is 5.47. The lowest BCUT2D eigenvalue weighted by Crippen LogP contribution is -2.15. The zero-order valence-electron chi connectivity index (χ0n) is 10.6. The van der Waals surface area contributed by atoms with Crippen molar-refractivity contribution < 1.29 is 13.2 Å².